The second-order valence-electron chi connectivity index (χ2n) is 6.07. The number of nitrogens with one attached hydrogen (secondary N) is 1. The minimum Gasteiger partial charge on any atom is -0.464 e. The summed E-state index contributed by atoms with van der Waals surface area (Å²) in [7, 11) is 0. The molecule has 112 valence electrons. The second-order valence-corrected chi connectivity index (χ2v) is 6.07. The number of rotatable bonds is 1. The highest BCUT2D eigenvalue weighted by molar-refractivity contribution is 5.98. The van der Waals surface area contributed by atoms with Crippen LogP contribution in [-0.4, -0.2) is 23.9 Å². The molecule has 2 aliphatic heterocycles. The third-order valence-corrected chi connectivity index (χ3v) is 4.92. The fourth-order valence-electron chi connectivity index (χ4n) is 3.80. The van der Waals surface area contributed by atoms with Gasteiger partial charge in [-0.3, -0.25) is 14.9 Å². The van der Waals surface area contributed by atoms with Crippen LogP contribution in [0.5, 0.6) is 0 Å². The van der Waals surface area contributed by atoms with Crippen molar-refractivity contribution in [1.82, 2.24) is 5.32 Å². The summed E-state index contributed by atoms with van der Waals surface area (Å²) >= 11 is 0. The SMILES string of the molecule is O=C1[C@H]2C=CC=C[C@@H]1[C@H](c1ccccc1)N[C@@]21CCOC1=O. The maximum atomic E-state index is 13.0. The Kier molecular flexibility index (Phi) is 3.01. The third kappa shape index (κ3) is 1.80. The van der Waals surface area contributed by atoms with Gasteiger partial charge in [-0.15, -0.1) is 0 Å². The highest BCUT2D eigenvalue weighted by Gasteiger charge is 2.58. The number of ether oxygens (including phenoxy) is 1. The summed E-state index contributed by atoms with van der Waals surface area (Å²) in [6.45, 7) is 0.364. The number of hydrogen-bond acceptors (Lipinski definition) is 4. The Morgan fingerprint density at radius 2 is 1.86 bits per heavy atom. The molecule has 4 rings (SSSR count). The van der Waals surface area contributed by atoms with Crippen LogP contribution in [0.3, 0.4) is 0 Å². The third-order valence-electron chi connectivity index (χ3n) is 4.92. The maximum Gasteiger partial charge on any atom is 0.327 e. The molecule has 0 amide bonds. The van der Waals surface area contributed by atoms with Crippen molar-refractivity contribution in [3.05, 3.63) is 60.2 Å². The quantitative estimate of drug-likeness (QED) is 0.805. The average Bonchev–Trinajstić information content (AvgIpc) is 2.83. The number of piperidine rings is 1. The second kappa shape index (κ2) is 4.92. The fourth-order valence-corrected chi connectivity index (χ4v) is 3.80. The van der Waals surface area contributed by atoms with Crippen LogP contribution in [0.15, 0.2) is 54.6 Å². The zero-order valence-electron chi connectivity index (χ0n) is 12.1. The molecule has 1 aromatic rings. The van der Waals surface area contributed by atoms with Crippen LogP contribution in [0.2, 0.25) is 0 Å². The summed E-state index contributed by atoms with van der Waals surface area (Å²) in [6, 6.07) is 9.63. The largest absolute Gasteiger partial charge is 0.464 e. The zero-order chi connectivity index (χ0) is 15.2. The van der Waals surface area contributed by atoms with Crippen LogP contribution in [0.25, 0.3) is 0 Å². The number of esters is 1. The molecule has 0 radical (unpaired) electrons. The zero-order valence-corrected chi connectivity index (χ0v) is 12.1. The van der Waals surface area contributed by atoms with E-state index in [1.807, 2.05) is 54.6 Å². The summed E-state index contributed by atoms with van der Waals surface area (Å²) in [6.07, 6.45) is 8.06. The van der Waals surface area contributed by atoms with Crippen molar-refractivity contribution in [3.63, 3.8) is 0 Å². The Bertz CT molecular complexity index is 679. The van der Waals surface area contributed by atoms with Crippen molar-refractivity contribution < 1.29 is 14.3 Å². The lowest BCUT2D eigenvalue weighted by atomic mass is 9.69. The van der Waals surface area contributed by atoms with Gasteiger partial charge in [0, 0.05) is 12.5 Å². The van der Waals surface area contributed by atoms with Crippen LogP contribution >= 0.6 is 0 Å². The van der Waals surface area contributed by atoms with Crippen LogP contribution in [0.1, 0.15) is 18.0 Å². The first kappa shape index (κ1) is 13.5. The van der Waals surface area contributed by atoms with Gasteiger partial charge in [0.05, 0.1) is 18.4 Å². The number of ketones is 1. The van der Waals surface area contributed by atoms with E-state index >= 15 is 0 Å². The lowest BCUT2D eigenvalue weighted by Crippen LogP contribution is -2.64. The number of benzene rings is 1. The Morgan fingerprint density at radius 1 is 1.09 bits per heavy atom. The molecule has 4 nitrogen and oxygen atoms in total. The Hall–Kier alpha value is -2.20. The predicted octanol–water partition coefficient (Wildman–Crippen LogP) is 1.94. The van der Waals surface area contributed by atoms with Crippen LogP contribution in [0.4, 0.5) is 0 Å². The van der Waals surface area contributed by atoms with Gasteiger partial charge >= 0.3 is 5.97 Å². The number of fused-ring (bicyclic) bond motifs is 3. The van der Waals surface area contributed by atoms with Gasteiger partial charge in [0.1, 0.15) is 5.54 Å². The van der Waals surface area contributed by atoms with Crippen molar-refractivity contribution in [2.24, 2.45) is 11.8 Å². The topological polar surface area (TPSA) is 55.4 Å². The van der Waals surface area contributed by atoms with Crippen molar-refractivity contribution in [3.8, 4) is 0 Å². The van der Waals surface area contributed by atoms with E-state index in [0.29, 0.717) is 13.0 Å². The number of Topliss-reactive ketones (excluding diaryl/α,β-unsaturated/α-hetero) is 1. The molecule has 1 spiro atoms. The first-order valence-electron chi connectivity index (χ1n) is 7.61. The molecule has 1 aliphatic carbocycles. The van der Waals surface area contributed by atoms with E-state index in [2.05, 4.69) is 5.32 Å². The molecule has 1 aromatic carbocycles. The Balaban J connectivity index is 1.84. The first-order chi connectivity index (χ1) is 10.7. The Morgan fingerprint density at radius 3 is 2.59 bits per heavy atom. The van der Waals surface area contributed by atoms with Gasteiger partial charge in [-0.25, -0.2) is 0 Å². The molecule has 1 N–H and O–H groups in total. The van der Waals surface area contributed by atoms with E-state index in [-0.39, 0.29) is 23.7 Å². The van der Waals surface area contributed by atoms with Crippen molar-refractivity contribution >= 4 is 11.8 Å². The van der Waals surface area contributed by atoms with Gasteiger partial charge in [0.25, 0.3) is 0 Å². The molecule has 0 saturated carbocycles. The van der Waals surface area contributed by atoms with Crippen molar-refractivity contribution in [1.29, 1.82) is 0 Å². The predicted molar refractivity (Wildman–Crippen MR) is 80.9 cm³/mol. The monoisotopic (exact) mass is 295 g/mol. The van der Waals surface area contributed by atoms with Gasteiger partial charge in [-0.05, 0) is 5.56 Å². The lowest BCUT2D eigenvalue weighted by Gasteiger charge is -2.44. The molecular formula is C18H17NO3. The first-order valence-corrected chi connectivity index (χ1v) is 7.61. The number of carbonyl (C=O) groups is 2. The van der Waals surface area contributed by atoms with E-state index < -0.39 is 11.5 Å². The van der Waals surface area contributed by atoms with Crippen LogP contribution < -0.4 is 5.32 Å². The summed E-state index contributed by atoms with van der Waals surface area (Å²) in [4.78, 5) is 25.4. The van der Waals surface area contributed by atoms with E-state index in [1.165, 1.54) is 0 Å². The minimum absolute atomic E-state index is 0.0939. The molecule has 2 bridgehead atoms. The van der Waals surface area contributed by atoms with Crippen molar-refractivity contribution in [2.75, 3.05) is 6.61 Å². The number of hydrogen-bond donors (Lipinski definition) is 1. The maximum absolute atomic E-state index is 13.0. The summed E-state index contributed by atoms with van der Waals surface area (Å²) in [5.74, 6) is -0.933. The molecule has 2 saturated heterocycles. The van der Waals surface area contributed by atoms with Gasteiger partial charge in [-0.2, -0.15) is 0 Å². The van der Waals surface area contributed by atoms with E-state index in [0.717, 1.165) is 5.56 Å². The molecule has 4 heteroatoms. The van der Waals surface area contributed by atoms with Crippen LogP contribution in [0, 0.1) is 11.8 Å². The summed E-state index contributed by atoms with van der Waals surface area (Å²) < 4.78 is 5.20. The van der Waals surface area contributed by atoms with Crippen molar-refractivity contribution in [2.45, 2.75) is 18.0 Å². The Labute approximate surface area is 128 Å². The molecule has 2 fully saturated rings. The summed E-state index contributed by atoms with van der Waals surface area (Å²) in [5, 5.41) is 3.47. The van der Waals surface area contributed by atoms with Gasteiger partial charge < -0.3 is 4.74 Å². The van der Waals surface area contributed by atoms with Crippen LogP contribution in [-0.2, 0) is 14.3 Å². The smallest absolute Gasteiger partial charge is 0.327 e. The molecule has 4 atom stereocenters. The molecular weight excluding hydrogens is 278 g/mol. The van der Waals surface area contributed by atoms with E-state index in [4.69, 9.17) is 4.74 Å². The molecule has 0 aromatic heterocycles. The molecule has 22 heavy (non-hydrogen) atoms. The van der Waals surface area contributed by atoms with E-state index in [1.54, 1.807) is 0 Å². The lowest BCUT2D eigenvalue weighted by molar-refractivity contribution is -0.150. The number of cyclic esters (lactones) is 1. The average molecular weight is 295 g/mol. The van der Waals surface area contributed by atoms with Gasteiger partial charge in [-0.1, -0.05) is 54.6 Å². The highest BCUT2D eigenvalue weighted by atomic mass is 16.5. The molecule has 0 unspecified atom stereocenters. The molecule has 2 heterocycles. The van der Waals surface area contributed by atoms with Gasteiger partial charge in [0.2, 0.25) is 0 Å². The normalized spacial score (nSPS) is 36.5. The van der Waals surface area contributed by atoms with Gasteiger partial charge in [0.15, 0.2) is 5.78 Å². The summed E-state index contributed by atoms with van der Waals surface area (Å²) in [5.41, 5.74) is 0.0984. The highest BCUT2D eigenvalue weighted by Crippen LogP contribution is 2.43. The number of carbonyl (C=O) groups excluding carboxylic acids is 2. The minimum atomic E-state index is -0.920. The molecule has 3 aliphatic rings. The van der Waals surface area contributed by atoms with E-state index in [9.17, 15) is 9.59 Å². The fraction of sp³-hybridized carbons (Fsp3) is 0.333. The standard InChI is InChI=1S/C18H17NO3/c20-16-13-8-4-5-9-14(16)18(10-11-22-17(18)21)19-15(13)12-6-2-1-3-7-12/h1-9,13-15,19H,10-11H2/t13-,14-,15+,18+/m1/s1. The number of allylic oxidation sites excluding steroid dienone is 2.